The van der Waals surface area contributed by atoms with E-state index in [0.717, 1.165) is 18.0 Å². The summed E-state index contributed by atoms with van der Waals surface area (Å²) in [5, 5.41) is 3.38. The number of nitrogens with one attached hydrogen (secondary N) is 1. The molecule has 0 amide bonds. The average Bonchev–Trinajstić information content (AvgIpc) is 2.35. The minimum atomic E-state index is 0.146. The van der Waals surface area contributed by atoms with Crippen molar-refractivity contribution in [3.63, 3.8) is 0 Å². The van der Waals surface area contributed by atoms with Gasteiger partial charge in [0.15, 0.2) is 11.5 Å². The third-order valence-electron chi connectivity index (χ3n) is 3.02. The molecule has 4 nitrogen and oxygen atoms in total. The van der Waals surface area contributed by atoms with Gasteiger partial charge in [-0.15, -0.1) is 0 Å². The van der Waals surface area contributed by atoms with Gasteiger partial charge in [0, 0.05) is 18.6 Å². The number of rotatable bonds is 4. The highest BCUT2D eigenvalue weighted by Gasteiger charge is 2.12. The molecule has 0 aliphatic carbocycles. The lowest BCUT2D eigenvalue weighted by atomic mass is 10.1. The Labute approximate surface area is 102 Å². The van der Waals surface area contributed by atoms with E-state index in [0.29, 0.717) is 19.3 Å². The van der Waals surface area contributed by atoms with Crippen molar-refractivity contribution in [1.29, 1.82) is 0 Å². The molecule has 0 radical (unpaired) electrons. The van der Waals surface area contributed by atoms with Gasteiger partial charge in [0.05, 0.1) is 0 Å². The van der Waals surface area contributed by atoms with Crippen LogP contribution in [0, 0.1) is 0 Å². The molecule has 17 heavy (non-hydrogen) atoms. The van der Waals surface area contributed by atoms with Gasteiger partial charge >= 0.3 is 0 Å². The van der Waals surface area contributed by atoms with Crippen molar-refractivity contribution in [3.05, 3.63) is 23.8 Å². The van der Waals surface area contributed by atoms with Crippen LogP contribution in [-0.2, 0) is 6.54 Å². The fourth-order valence-electron chi connectivity index (χ4n) is 1.66. The van der Waals surface area contributed by atoms with E-state index in [1.807, 2.05) is 19.1 Å². The van der Waals surface area contributed by atoms with E-state index < -0.39 is 0 Å². The van der Waals surface area contributed by atoms with Crippen LogP contribution in [0.5, 0.6) is 11.5 Å². The molecule has 0 saturated carbocycles. The first-order valence-electron chi connectivity index (χ1n) is 6.04. The molecule has 0 bridgehead atoms. The van der Waals surface area contributed by atoms with E-state index in [-0.39, 0.29) is 6.04 Å². The third kappa shape index (κ3) is 3.11. The van der Waals surface area contributed by atoms with Crippen LogP contribution >= 0.6 is 0 Å². The predicted molar refractivity (Wildman–Crippen MR) is 67.4 cm³/mol. The molecule has 2 rings (SSSR count). The normalized spacial score (nSPS) is 17.6. The number of fused-ring (bicyclic) bond motifs is 1. The number of ether oxygens (including phenoxy) is 2. The summed E-state index contributed by atoms with van der Waals surface area (Å²) in [6.45, 7) is 6.13. The summed E-state index contributed by atoms with van der Waals surface area (Å²) in [4.78, 5) is 0. The highest BCUT2D eigenvalue weighted by atomic mass is 16.6. The molecule has 1 aliphatic heterocycles. The molecule has 94 valence electrons. The molecule has 0 fully saturated rings. The van der Waals surface area contributed by atoms with Gasteiger partial charge in [-0.25, -0.2) is 0 Å². The lowest BCUT2D eigenvalue weighted by Gasteiger charge is -2.20. The Morgan fingerprint density at radius 2 is 1.94 bits per heavy atom. The zero-order valence-electron chi connectivity index (χ0n) is 10.4. The fourth-order valence-corrected chi connectivity index (χ4v) is 1.66. The van der Waals surface area contributed by atoms with E-state index in [1.54, 1.807) is 0 Å². The van der Waals surface area contributed by atoms with E-state index in [4.69, 9.17) is 15.2 Å². The quantitative estimate of drug-likeness (QED) is 0.827. The van der Waals surface area contributed by atoms with E-state index >= 15 is 0 Å². The van der Waals surface area contributed by atoms with Crippen LogP contribution in [-0.4, -0.2) is 25.3 Å². The van der Waals surface area contributed by atoms with Crippen molar-refractivity contribution in [2.45, 2.75) is 32.5 Å². The molecule has 2 atom stereocenters. The van der Waals surface area contributed by atoms with Crippen molar-refractivity contribution < 1.29 is 9.47 Å². The van der Waals surface area contributed by atoms with E-state index in [1.165, 1.54) is 5.56 Å². The van der Waals surface area contributed by atoms with Crippen molar-refractivity contribution in [2.75, 3.05) is 13.2 Å². The second-order valence-corrected chi connectivity index (χ2v) is 4.51. The molecule has 0 spiro atoms. The van der Waals surface area contributed by atoms with Gasteiger partial charge in [0.25, 0.3) is 0 Å². The number of nitrogens with two attached hydrogens (primary N) is 1. The first-order chi connectivity index (χ1) is 8.16. The van der Waals surface area contributed by atoms with Crippen LogP contribution in [0.1, 0.15) is 19.4 Å². The molecule has 1 aromatic rings. The monoisotopic (exact) mass is 236 g/mol. The smallest absolute Gasteiger partial charge is 0.161 e. The summed E-state index contributed by atoms with van der Waals surface area (Å²) in [6, 6.07) is 6.47. The van der Waals surface area contributed by atoms with E-state index in [9.17, 15) is 0 Å². The van der Waals surface area contributed by atoms with Gasteiger partial charge in [-0.3, -0.25) is 0 Å². The maximum atomic E-state index is 5.80. The van der Waals surface area contributed by atoms with Crippen LogP contribution in [0.3, 0.4) is 0 Å². The van der Waals surface area contributed by atoms with Gasteiger partial charge in [0.2, 0.25) is 0 Å². The Hall–Kier alpha value is -1.26. The zero-order chi connectivity index (χ0) is 12.3. The molecule has 0 aromatic heterocycles. The second-order valence-electron chi connectivity index (χ2n) is 4.51. The summed E-state index contributed by atoms with van der Waals surface area (Å²) in [5.74, 6) is 1.67. The lowest BCUT2D eigenvalue weighted by Crippen LogP contribution is -2.40. The van der Waals surface area contributed by atoms with Crippen LogP contribution in [0.25, 0.3) is 0 Å². The molecule has 1 aromatic carbocycles. The summed E-state index contributed by atoms with van der Waals surface area (Å²) < 4.78 is 11.0. The Morgan fingerprint density at radius 3 is 2.65 bits per heavy atom. The summed E-state index contributed by atoms with van der Waals surface area (Å²) in [5.41, 5.74) is 6.99. The highest BCUT2D eigenvalue weighted by molar-refractivity contribution is 5.43. The van der Waals surface area contributed by atoms with Gasteiger partial charge in [-0.05, 0) is 31.5 Å². The summed E-state index contributed by atoms with van der Waals surface area (Å²) in [7, 11) is 0. The Bertz CT molecular complexity index is 380. The minimum Gasteiger partial charge on any atom is -0.486 e. The Kier molecular flexibility index (Phi) is 3.86. The Balaban J connectivity index is 1.97. The lowest BCUT2D eigenvalue weighted by molar-refractivity contribution is 0.171. The van der Waals surface area contributed by atoms with Crippen LogP contribution in [0.4, 0.5) is 0 Å². The van der Waals surface area contributed by atoms with Crippen molar-refractivity contribution in [3.8, 4) is 11.5 Å². The van der Waals surface area contributed by atoms with Gasteiger partial charge in [-0.2, -0.15) is 0 Å². The maximum Gasteiger partial charge on any atom is 0.161 e. The van der Waals surface area contributed by atoms with Gasteiger partial charge in [0.1, 0.15) is 13.2 Å². The molecule has 2 unspecified atom stereocenters. The topological polar surface area (TPSA) is 56.5 Å². The predicted octanol–water partition coefficient (Wildman–Crippen LogP) is 1.28. The van der Waals surface area contributed by atoms with Crippen molar-refractivity contribution >= 4 is 0 Å². The first kappa shape index (κ1) is 12.2. The molecule has 0 saturated heterocycles. The molecule has 4 heteroatoms. The first-order valence-corrected chi connectivity index (χ1v) is 6.04. The molecule has 1 aliphatic rings. The zero-order valence-corrected chi connectivity index (χ0v) is 10.4. The van der Waals surface area contributed by atoms with Gasteiger partial charge in [-0.1, -0.05) is 6.07 Å². The van der Waals surface area contributed by atoms with Crippen molar-refractivity contribution in [1.82, 2.24) is 5.32 Å². The molecule has 3 N–H and O–H groups in total. The number of hydrogen-bond acceptors (Lipinski definition) is 4. The average molecular weight is 236 g/mol. The number of benzene rings is 1. The highest BCUT2D eigenvalue weighted by Crippen LogP contribution is 2.30. The summed E-state index contributed by atoms with van der Waals surface area (Å²) in [6.07, 6.45) is 0. The summed E-state index contributed by atoms with van der Waals surface area (Å²) >= 11 is 0. The van der Waals surface area contributed by atoms with E-state index in [2.05, 4.69) is 18.3 Å². The second kappa shape index (κ2) is 5.38. The maximum absolute atomic E-state index is 5.80. The SMILES string of the molecule is CC(N)C(C)NCc1ccc2c(c1)OCCO2. The van der Waals surface area contributed by atoms with Crippen molar-refractivity contribution in [2.24, 2.45) is 5.73 Å². The number of hydrogen-bond donors (Lipinski definition) is 2. The van der Waals surface area contributed by atoms with Crippen LogP contribution in [0.2, 0.25) is 0 Å². The minimum absolute atomic E-state index is 0.146. The standard InChI is InChI=1S/C13H20N2O2/c1-9(14)10(2)15-8-11-3-4-12-13(7-11)17-6-5-16-12/h3-4,7,9-10,15H,5-6,8,14H2,1-2H3. The molecular weight excluding hydrogens is 216 g/mol. The molecule has 1 heterocycles. The Morgan fingerprint density at radius 1 is 1.24 bits per heavy atom. The van der Waals surface area contributed by atoms with Crippen LogP contribution in [0.15, 0.2) is 18.2 Å². The largest absolute Gasteiger partial charge is 0.486 e. The van der Waals surface area contributed by atoms with Crippen LogP contribution < -0.4 is 20.5 Å². The fraction of sp³-hybridized carbons (Fsp3) is 0.538. The molecular formula is C13H20N2O2. The van der Waals surface area contributed by atoms with Gasteiger partial charge < -0.3 is 20.5 Å². The third-order valence-corrected chi connectivity index (χ3v) is 3.02.